The summed E-state index contributed by atoms with van der Waals surface area (Å²) in [5.41, 5.74) is 2.03. The van der Waals surface area contributed by atoms with E-state index in [9.17, 15) is 9.59 Å². The van der Waals surface area contributed by atoms with Crippen molar-refractivity contribution >= 4 is 22.5 Å². The Morgan fingerprint density at radius 2 is 1.91 bits per heavy atom. The van der Waals surface area contributed by atoms with Crippen molar-refractivity contribution in [1.82, 2.24) is 24.4 Å². The maximum Gasteiger partial charge on any atom is 0.273 e. The fourth-order valence-corrected chi connectivity index (χ4v) is 5.62. The van der Waals surface area contributed by atoms with Gasteiger partial charge in [0.05, 0.1) is 5.52 Å². The zero-order valence-electron chi connectivity index (χ0n) is 21.1. The van der Waals surface area contributed by atoms with Crippen LogP contribution in [0.4, 0.5) is 0 Å². The fraction of sp³-hybridized carbons (Fsp3) is 0.593. The molecule has 34 heavy (non-hydrogen) atoms. The van der Waals surface area contributed by atoms with Crippen molar-refractivity contribution in [2.75, 3.05) is 13.1 Å². The number of carbonyl (C=O) groups excluding carboxylic acids is 1. The molecule has 4 rings (SSSR count). The first-order chi connectivity index (χ1) is 16.5. The topological polar surface area (TPSA) is 71.6 Å². The van der Waals surface area contributed by atoms with E-state index in [0.29, 0.717) is 30.7 Å². The Labute approximate surface area is 202 Å². The van der Waals surface area contributed by atoms with Crippen molar-refractivity contribution in [2.45, 2.75) is 90.8 Å². The second kappa shape index (κ2) is 10.7. The maximum absolute atomic E-state index is 13.5. The summed E-state index contributed by atoms with van der Waals surface area (Å²) in [6.07, 6.45) is 8.26. The van der Waals surface area contributed by atoms with Crippen LogP contribution >= 0.6 is 0 Å². The van der Waals surface area contributed by atoms with Gasteiger partial charge < -0.3 is 5.32 Å². The molecule has 184 valence electrons. The fourth-order valence-electron chi connectivity index (χ4n) is 5.62. The quantitative estimate of drug-likeness (QED) is 0.507. The van der Waals surface area contributed by atoms with Crippen molar-refractivity contribution < 1.29 is 4.79 Å². The number of fused-ring (bicyclic) bond motifs is 3. The summed E-state index contributed by atoms with van der Waals surface area (Å²) in [6, 6.07) is 10.2. The van der Waals surface area contributed by atoms with Crippen molar-refractivity contribution in [1.29, 1.82) is 0 Å². The minimum Gasteiger partial charge on any atom is -0.353 e. The minimum atomic E-state index is -0.392. The summed E-state index contributed by atoms with van der Waals surface area (Å²) in [4.78, 5) is 32.5. The van der Waals surface area contributed by atoms with Crippen LogP contribution < -0.4 is 10.9 Å². The molecule has 0 radical (unpaired) electrons. The van der Waals surface area contributed by atoms with Gasteiger partial charge in [-0.05, 0) is 51.7 Å². The maximum atomic E-state index is 13.5. The van der Waals surface area contributed by atoms with E-state index in [1.54, 1.807) is 0 Å². The van der Waals surface area contributed by atoms with E-state index in [4.69, 9.17) is 0 Å². The highest BCUT2D eigenvalue weighted by atomic mass is 16.2. The molecule has 1 aliphatic carbocycles. The van der Waals surface area contributed by atoms with E-state index in [2.05, 4.69) is 29.0 Å². The number of nitrogens with one attached hydrogen (secondary N) is 1. The highest BCUT2D eigenvalue weighted by Crippen LogP contribution is 2.27. The molecule has 0 unspecified atom stereocenters. The predicted molar refractivity (Wildman–Crippen MR) is 137 cm³/mol. The van der Waals surface area contributed by atoms with Gasteiger partial charge in [-0.3, -0.25) is 19.2 Å². The molecule has 1 N–H and O–H groups in total. The number of nitrogens with zero attached hydrogens (tertiary/aromatic N) is 4. The van der Waals surface area contributed by atoms with Gasteiger partial charge in [0, 0.05) is 42.3 Å². The number of aromatic nitrogens is 3. The lowest BCUT2D eigenvalue weighted by molar-refractivity contribution is -0.124. The lowest BCUT2D eigenvalue weighted by Gasteiger charge is -2.38. The van der Waals surface area contributed by atoms with Gasteiger partial charge in [-0.1, -0.05) is 45.2 Å². The van der Waals surface area contributed by atoms with Gasteiger partial charge in [0.15, 0.2) is 5.65 Å². The van der Waals surface area contributed by atoms with Crippen molar-refractivity contribution in [3.05, 3.63) is 46.4 Å². The van der Waals surface area contributed by atoms with Crippen LogP contribution in [0.2, 0.25) is 0 Å². The van der Waals surface area contributed by atoms with Crippen molar-refractivity contribution in [3.8, 4) is 0 Å². The van der Waals surface area contributed by atoms with Crippen LogP contribution in [0.25, 0.3) is 16.6 Å². The number of carbonyl (C=O) groups is 1. The van der Waals surface area contributed by atoms with Crippen LogP contribution in [0.3, 0.4) is 0 Å². The first-order valence-electron chi connectivity index (χ1n) is 13.0. The second-order valence-electron chi connectivity index (χ2n) is 9.73. The number of para-hydroxylation sites is 1. The Morgan fingerprint density at radius 3 is 2.62 bits per heavy atom. The van der Waals surface area contributed by atoms with E-state index in [-0.39, 0.29) is 11.5 Å². The number of benzene rings is 1. The van der Waals surface area contributed by atoms with Crippen LogP contribution in [0.1, 0.15) is 77.5 Å². The molecule has 1 fully saturated rings. The largest absolute Gasteiger partial charge is 0.353 e. The molecular weight excluding hydrogens is 426 g/mol. The van der Waals surface area contributed by atoms with Gasteiger partial charge in [-0.25, -0.2) is 4.52 Å². The van der Waals surface area contributed by atoms with Gasteiger partial charge in [0.1, 0.15) is 6.04 Å². The summed E-state index contributed by atoms with van der Waals surface area (Å²) in [5.74, 6) is 0.0102. The summed E-state index contributed by atoms with van der Waals surface area (Å²) < 4.78 is 3.93. The Bertz CT molecular complexity index is 1190. The van der Waals surface area contributed by atoms with Crippen LogP contribution in [0.15, 0.2) is 35.1 Å². The summed E-state index contributed by atoms with van der Waals surface area (Å²) >= 11 is 0. The molecule has 2 heterocycles. The van der Waals surface area contributed by atoms with Crippen LogP contribution in [0, 0.1) is 6.92 Å². The number of hydrogen-bond acceptors (Lipinski definition) is 4. The second-order valence-corrected chi connectivity index (χ2v) is 9.73. The van der Waals surface area contributed by atoms with Crippen LogP contribution in [0.5, 0.6) is 0 Å². The number of rotatable bonds is 9. The molecule has 0 bridgehead atoms. The van der Waals surface area contributed by atoms with Gasteiger partial charge in [-0.15, -0.1) is 0 Å². The highest BCUT2D eigenvalue weighted by molar-refractivity contribution is 5.94. The lowest BCUT2D eigenvalue weighted by Crippen LogP contribution is -2.47. The molecule has 0 saturated heterocycles. The summed E-state index contributed by atoms with van der Waals surface area (Å²) in [6.45, 7) is 9.99. The van der Waals surface area contributed by atoms with E-state index < -0.39 is 6.04 Å². The normalized spacial score (nSPS) is 16.9. The molecule has 0 aliphatic heterocycles. The molecule has 2 aromatic heterocycles. The number of aryl methyl sites for hydroxylation is 1. The van der Waals surface area contributed by atoms with E-state index >= 15 is 0 Å². The molecule has 0 spiro atoms. The Hall–Kier alpha value is -2.67. The first-order valence-corrected chi connectivity index (χ1v) is 13.0. The van der Waals surface area contributed by atoms with Crippen LogP contribution in [-0.4, -0.2) is 50.2 Å². The molecular formula is C27H39N5O2. The standard InChI is InChI=1S/C27H39N5O2/c1-5-19(3)30(21-12-8-7-9-13-21)17-16-28-27(34)23(6-2)32-24-15-11-10-14-22(24)26-29-25(33)18-20(4)31(26)32/h10-11,14-15,18-19,21,23H,5-9,12-13,16-17H2,1-4H3,(H,28,34)/t19-,23-/m1/s1. The van der Waals surface area contributed by atoms with E-state index in [1.165, 1.54) is 38.2 Å². The summed E-state index contributed by atoms with van der Waals surface area (Å²) in [5, 5.41) is 4.12. The molecule has 1 aromatic carbocycles. The van der Waals surface area contributed by atoms with Gasteiger partial charge in [-0.2, -0.15) is 4.98 Å². The lowest BCUT2D eigenvalue weighted by atomic mass is 9.93. The van der Waals surface area contributed by atoms with E-state index in [1.807, 2.05) is 47.3 Å². The summed E-state index contributed by atoms with van der Waals surface area (Å²) in [7, 11) is 0. The van der Waals surface area contributed by atoms with Crippen molar-refractivity contribution in [3.63, 3.8) is 0 Å². The SMILES string of the molecule is CC[C@@H](C)N(CCNC(=O)[C@@H](CC)n1c2ccccc2c2nc(=O)cc(C)n21)C1CCCCC1. The molecule has 1 amide bonds. The Morgan fingerprint density at radius 1 is 1.18 bits per heavy atom. The Balaban J connectivity index is 1.58. The monoisotopic (exact) mass is 465 g/mol. The average Bonchev–Trinajstić information content (AvgIpc) is 3.17. The van der Waals surface area contributed by atoms with Gasteiger partial charge in [0.25, 0.3) is 5.56 Å². The molecule has 7 nitrogen and oxygen atoms in total. The molecule has 1 aliphatic rings. The third-order valence-electron chi connectivity index (χ3n) is 7.54. The predicted octanol–water partition coefficient (Wildman–Crippen LogP) is 4.46. The number of hydrogen-bond donors (Lipinski definition) is 1. The zero-order valence-corrected chi connectivity index (χ0v) is 21.1. The van der Waals surface area contributed by atoms with Gasteiger partial charge in [0.2, 0.25) is 5.91 Å². The highest BCUT2D eigenvalue weighted by Gasteiger charge is 2.27. The van der Waals surface area contributed by atoms with Crippen LogP contribution in [-0.2, 0) is 4.79 Å². The minimum absolute atomic E-state index is 0.0102. The van der Waals surface area contributed by atoms with Gasteiger partial charge >= 0.3 is 0 Å². The molecule has 2 atom stereocenters. The number of amides is 1. The third-order valence-corrected chi connectivity index (χ3v) is 7.54. The molecule has 3 aromatic rings. The average molecular weight is 466 g/mol. The Kier molecular flexibility index (Phi) is 7.71. The first kappa shape index (κ1) is 24.5. The smallest absolute Gasteiger partial charge is 0.273 e. The van der Waals surface area contributed by atoms with Crippen molar-refractivity contribution in [2.24, 2.45) is 0 Å². The molecule has 1 saturated carbocycles. The third kappa shape index (κ3) is 4.76. The van der Waals surface area contributed by atoms with E-state index in [0.717, 1.165) is 29.6 Å². The molecule has 7 heteroatoms. The zero-order chi connectivity index (χ0) is 24.2.